The van der Waals surface area contributed by atoms with E-state index in [2.05, 4.69) is 223 Å². The molecule has 0 unspecified atom stereocenters. The zero-order valence-electron chi connectivity index (χ0n) is 35.0. The second-order valence-electron chi connectivity index (χ2n) is 17.1. The van der Waals surface area contributed by atoms with Gasteiger partial charge < -0.3 is 14.4 Å². The number of thiophene rings is 1. The van der Waals surface area contributed by atoms with Gasteiger partial charge in [-0.2, -0.15) is 0 Å². The van der Waals surface area contributed by atoms with Crippen molar-refractivity contribution in [3.63, 3.8) is 0 Å². The van der Waals surface area contributed by atoms with Gasteiger partial charge in [0.05, 0.1) is 11.1 Å². The van der Waals surface area contributed by atoms with Crippen LogP contribution in [0.3, 0.4) is 0 Å². The molecular formula is C61H37NO2S. The second-order valence-corrected chi connectivity index (χ2v) is 18.2. The number of hydrogen-bond donors (Lipinski definition) is 0. The van der Waals surface area contributed by atoms with Crippen LogP contribution in [-0.2, 0) is 5.41 Å². The maximum absolute atomic E-state index is 7.43. The largest absolute Gasteiger partial charge is 0.449 e. The molecule has 1 aliphatic heterocycles. The quantitative estimate of drug-likeness (QED) is 0.172. The lowest BCUT2D eigenvalue weighted by Gasteiger charge is -2.32. The SMILES string of the molecule is c1ccc(-c2cccc(N(c3ccc(-c4cccc5sc6ccccc6c45)cc3)c3cccc4c3Oc3c(ccc5c3-c3ccccc3C53c5ccccc5-c5ccccc53)O4)c2)cc1. The summed E-state index contributed by atoms with van der Waals surface area (Å²) in [6, 6.07) is 81.0. The van der Waals surface area contributed by atoms with Crippen molar-refractivity contribution in [1.29, 1.82) is 0 Å². The first-order chi connectivity index (χ1) is 32.2. The second kappa shape index (κ2) is 13.9. The van der Waals surface area contributed by atoms with Gasteiger partial charge in [-0.15, -0.1) is 11.3 Å². The van der Waals surface area contributed by atoms with E-state index in [0.29, 0.717) is 17.2 Å². The molecule has 0 N–H and O–H groups in total. The standard InChI is InChI=1S/C61H37NO2S/c1-2-15-38(16-3-1)40-17-12-18-42(37-40)62(41-33-31-39(32-34-41)43-23-13-30-56-57(43)47-22-7-11-29-55(47)65-56)52-27-14-28-53-59(52)64-60-54(63-53)36-35-51-58(60)46-21-6-10-26-50(46)61(51)48-24-8-4-19-44(48)45-20-5-9-25-49(45)61/h1-37H. The van der Waals surface area contributed by atoms with E-state index in [4.69, 9.17) is 9.47 Å². The van der Waals surface area contributed by atoms with Gasteiger partial charge >= 0.3 is 0 Å². The van der Waals surface area contributed by atoms with Gasteiger partial charge in [-0.05, 0) is 116 Å². The highest BCUT2D eigenvalue weighted by molar-refractivity contribution is 7.25. The molecule has 10 aromatic carbocycles. The van der Waals surface area contributed by atoms with Gasteiger partial charge in [-0.25, -0.2) is 0 Å². The van der Waals surface area contributed by atoms with Crippen molar-refractivity contribution in [3.05, 3.63) is 247 Å². The van der Waals surface area contributed by atoms with Crippen LogP contribution in [0.25, 0.3) is 64.7 Å². The first-order valence-corrected chi connectivity index (χ1v) is 23.0. The predicted molar refractivity (Wildman–Crippen MR) is 268 cm³/mol. The third kappa shape index (κ3) is 5.17. The highest BCUT2D eigenvalue weighted by atomic mass is 32.1. The molecule has 0 bridgehead atoms. The van der Waals surface area contributed by atoms with E-state index >= 15 is 0 Å². The number of fused-ring (bicyclic) bond motifs is 16. The summed E-state index contributed by atoms with van der Waals surface area (Å²) in [7, 11) is 0. The summed E-state index contributed by atoms with van der Waals surface area (Å²) >= 11 is 1.85. The minimum Gasteiger partial charge on any atom is -0.449 e. The maximum Gasteiger partial charge on any atom is 0.194 e. The Kier molecular flexibility index (Phi) is 7.77. The molecule has 11 aromatic rings. The van der Waals surface area contributed by atoms with Crippen LogP contribution in [0, 0.1) is 0 Å². The fourth-order valence-corrected chi connectivity index (χ4v) is 12.2. The van der Waals surface area contributed by atoms with E-state index < -0.39 is 5.41 Å². The maximum atomic E-state index is 7.43. The molecule has 0 fully saturated rings. The Bertz CT molecular complexity index is 3690. The van der Waals surface area contributed by atoms with Crippen LogP contribution in [0.1, 0.15) is 22.3 Å². The number of rotatable bonds is 5. The molecule has 0 amide bonds. The highest BCUT2D eigenvalue weighted by Gasteiger charge is 2.53. The Hall–Kier alpha value is -8.18. The number of para-hydroxylation sites is 1. The Morgan fingerprint density at radius 2 is 0.985 bits per heavy atom. The van der Waals surface area contributed by atoms with Crippen molar-refractivity contribution in [2.45, 2.75) is 5.41 Å². The lowest BCUT2D eigenvalue weighted by Crippen LogP contribution is -2.25. The Balaban J connectivity index is 0.949. The average Bonchev–Trinajstić information content (AvgIpc) is 4.01. The van der Waals surface area contributed by atoms with Crippen molar-refractivity contribution in [3.8, 4) is 67.5 Å². The molecule has 14 rings (SSSR count). The number of anilines is 3. The number of benzene rings is 10. The number of hydrogen-bond acceptors (Lipinski definition) is 4. The topological polar surface area (TPSA) is 21.7 Å². The van der Waals surface area contributed by atoms with Crippen LogP contribution < -0.4 is 14.4 Å². The average molecular weight is 848 g/mol. The molecule has 3 aliphatic rings. The molecule has 304 valence electrons. The van der Waals surface area contributed by atoms with Crippen molar-refractivity contribution < 1.29 is 9.47 Å². The first-order valence-electron chi connectivity index (χ1n) is 22.2. The van der Waals surface area contributed by atoms with Crippen LogP contribution in [0.5, 0.6) is 23.0 Å². The van der Waals surface area contributed by atoms with E-state index in [9.17, 15) is 0 Å². The third-order valence-electron chi connectivity index (χ3n) is 13.8. The van der Waals surface area contributed by atoms with E-state index in [1.807, 2.05) is 17.4 Å². The molecule has 65 heavy (non-hydrogen) atoms. The fraction of sp³-hybridized carbons (Fsp3) is 0.0164. The molecule has 2 aliphatic carbocycles. The first kappa shape index (κ1) is 36.3. The van der Waals surface area contributed by atoms with E-state index in [1.54, 1.807) is 0 Å². The van der Waals surface area contributed by atoms with Crippen molar-refractivity contribution in [2.24, 2.45) is 0 Å². The van der Waals surface area contributed by atoms with Crippen molar-refractivity contribution in [1.82, 2.24) is 0 Å². The van der Waals surface area contributed by atoms with E-state index in [1.165, 1.54) is 64.7 Å². The van der Waals surface area contributed by atoms with Gasteiger partial charge in [-0.1, -0.05) is 170 Å². The van der Waals surface area contributed by atoms with Crippen LogP contribution in [0.2, 0.25) is 0 Å². The summed E-state index contributed by atoms with van der Waals surface area (Å²) in [4.78, 5) is 2.31. The molecule has 0 saturated carbocycles. The van der Waals surface area contributed by atoms with Crippen LogP contribution in [0.15, 0.2) is 224 Å². The molecule has 2 heterocycles. The fourth-order valence-electron chi connectivity index (χ4n) is 11.1. The normalized spacial score (nSPS) is 13.3. The molecule has 0 radical (unpaired) electrons. The minimum absolute atomic E-state index is 0.497. The molecule has 1 spiro atoms. The van der Waals surface area contributed by atoms with Gasteiger partial charge in [-0.3, -0.25) is 0 Å². The van der Waals surface area contributed by atoms with Crippen LogP contribution in [-0.4, -0.2) is 0 Å². The monoisotopic (exact) mass is 847 g/mol. The molecule has 3 nitrogen and oxygen atoms in total. The Morgan fingerprint density at radius 3 is 1.78 bits per heavy atom. The number of ether oxygens (including phenoxy) is 2. The molecule has 4 heteroatoms. The van der Waals surface area contributed by atoms with E-state index in [0.717, 1.165) is 45.1 Å². The summed E-state index contributed by atoms with van der Waals surface area (Å²) < 4.78 is 17.0. The Morgan fingerprint density at radius 1 is 0.369 bits per heavy atom. The Labute approximate surface area is 380 Å². The molecule has 1 aromatic heterocycles. The third-order valence-corrected chi connectivity index (χ3v) is 14.9. The summed E-state index contributed by atoms with van der Waals surface area (Å²) in [5.74, 6) is 2.78. The van der Waals surface area contributed by atoms with Gasteiger partial charge in [0.1, 0.15) is 0 Å². The summed E-state index contributed by atoms with van der Waals surface area (Å²) in [6.07, 6.45) is 0. The smallest absolute Gasteiger partial charge is 0.194 e. The highest BCUT2D eigenvalue weighted by Crippen LogP contribution is 2.67. The molecule has 0 atom stereocenters. The predicted octanol–water partition coefficient (Wildman–Crippen LogP) is 17.1. The summed E-state index contributed by atoms with van der Waals surface area (Å²) in [6.45, 7) is 0. The van der Waals surface area contributed by atoms with Gasteiger partial charge in [0.25, 0.3) is 0 Å². The van der Waals surface area contributed by atoms with Crippen molar-refractivity contribution in [2.75, 3.05) is 4.90 Å². The van der Waals surface area contributed by atoms with Gasteiger partial charge in [0.2, 0.25) is 0 Å². The van der Waals surface area contributed by atoms with Crippen LogP contribution in [0.4, 0.5) is 17.1 Å². The van der Waals surface area contributed by atoms with Gasteiger partial charge in [0, 0.05) is 37.1 Å². The zero-order chi connectivity index (χ0) is 42.6. The van der Waals surface area contributed by atoms with Crippen LogP contribution >= 0.6 is 11.3 Å². The molecule has 0 saturated heterocycles. The summed E-state index contributed by atoms with van der Waals surface area (Å²) in [5.41, 5.74) is 16.9. The number of nitrogens with zero attached hydrogens (tertiary/aromatic N) is 1. The van der Waals surface area contributed by atoms with E-state index in [-0.39, 0.29) is 0 Å². The lowest BCUT2D eigenvalue weighted by atomic mass is 9.70. The van der Waals surface area contributed by atoms with Crippen molar-refractivity contribution >= 4 is 48.6 Å². The molecular weight excluding hydrogens is 811 g/mol. The summed E-state index contributed by atoms with van der Waals surface area (Å²) in [5, 5.41) is 2.59. The lowest BCUT2D eigenvalue weighted by molar-refractivity contribution is 0.361. The zero-order valence-corrected chi connectivity index (χ0v) is 35.9. The van der Waals surface area contributed by atoms with Gasteiger partial charge in [0.15, 0.2) is 23.0 Å². The minimum atomic E-state index is -0.497.